The van der Waals surface area contributed by atoms with Gasteiger partial charge in [-0.15, -0.1) is 11.3 Å². The van der Waals surface area contributed by atoms with Gasteiger partial charge < -0.3 is 10.1 Å². The Bertz CT molecular complexity index is 562. The summed E-state index contributed by atoms with van der Waals surface area (Å²) in [6.07, 6.45) is 2.37. The number of hydrogen-bond donors (Lipinski definition) is 1. The fourth-order valence-corrected chi connectivity index (χ4v) is 3.01. The Labute approximate surface area is 117 Å². The second-order valence-electron chi connectivity index (χ2n) is 4.47. The number of hydrogen-bond acceptors (Lipinski definition) is 3. The fraction of sp³-hybridized carbons (Fsp3) is 0.400. The second-order valence-corrected chi connectivity index (χ2v) is 5.38. The molecule has 0 aliphatic heterocycles. The molecule has 0 atom stereocenters. The van der Waals surface area contributed by atoms with Crippen molar-refractivity contribution in [3.63, 3.8) is 0 Å². The first kappa shape index (κ1) is 13.9. The Morgan fingerprint density at radius 2 is 2.26 bits per heavy atom. The van der Waals surface area contributed by atoms with E-state index in [1.165, 1.54) is 15.6 Å². The van der Waals surface area contributed by atoms with Crippen molar-refractivity contribution in [1.29, 1.82) is 0 Å². The smallest absolute Gasteiger partial charge is 0.219 e. The molecular weight excluding hydrogens is 258 g/mol. The first-order valence-electron chi connectivity index (χ1n) is 6.55. The first-order chi connectivity index (χ1) is 9.24. The van der Waals surface area contributed by atoms with E-state index in [4.69, 9.17) is 4.74 Å². The minimum atomic E-state index is 0.139. The molecule has 0 radical (unpaired) electrons. The van der Waals surface area contributed by atoms with Crippen molar-refractivity contribution in [2.45, 2.75) is 26.2 Å². The molecule has 19 heavy (non-hydrogen) atoms. The summed E-state index contributed by atoms with van der Waals surface area (Å²) in [4.78, 5) is 11.4. The summed E-state index contributed by atoms with van der Waals surface area (Å²) in [5, 5.41) is 6.34. The minimum Gasteiger partial charge on any atom is -0.497 e. The third-order valence-corrected chi connectivity index (χ3v) is 4.07. The van der Waals surface area contributed by atoms with Gasteiger partial charge in [0.25, 0.3) is 0 Å². The lowest BCUT2D eigenvalue weighted by molar-refractivity contribution is -0.121. The molecule has 0 unspecified atom stereocenters. The maximum atomic E-state index is 11.4. The summed E-state index contributed by atoms with van der Waals surface area (Å²) < 4.78 is 6.52. The van der Waals surface area contributed by atoms with Crippen molar-refractivity contribution in [2.75, 3.05) is 13.7 Å². The number of ether oxygens (including phenoxy) is 1. The van der Waals surface area contributed by atoms with Gasteiger partial charge in [0, 0.05) is 17.7 Å². The van der Waals surface area contributed by atoms with Crippen LogP contribution in [0.2, 0.25) is 0 Å². The number of carbonyl (C=O) groups is 1. The van der Waals surface area contributed by atoms with Crippen molar-refractivity contribution in [3.8, 4) is 5.75 Å². The van der Waals surface area contributed by atoms with E-state index in [-0.39, 0.29) is 5.91 Å². The van der Waals surface area contributed by atoms with Crippen molar-refractivity contribution in [2.24, 2.45) is 0 Å². The summed E-state index contributed by atoms with van der Waals surface area (Å²) in [6, 6.07) is 6.12. The largest absolute Gasteiger partial charge is 0.497 e. The van der Waals surface area contributed by atoms with Gasteiger partial charge in [-0.25, -0.2) is 0 Å². The molecule has 0 aliphatic rings. The van der Waals surface area contributed by atoms with Crippen LogP contribution in [0.1, 0.15) is 25.3 Å². The van der Waals surface area contributed by atoms with Gasteiger partial charge in [-0.05, 0) is 47.4 Å². The lowest BCUT2D eigenvalue weighted by Gasteiger charge is -2.04. The predicted molar refractivity (Wildman–Crippen MR) is 80.0 cm³/mol. The fourth-order valence-electron chi connectivity index (χ4n) is 2.03. The van der Waals surface area contributed by atoms with Crippen LogP contribution in [0.5, 0.6) is 5.75 Å². The maximum absolute atomic E-state index is 11.4. The van der Waals surface area contributed by atoms with E-state index in [0.717, 1.165) is 18.6 Å². The number of thiophene rings is 1. The van der Waals surface area contributed by atoms with Gasteiger partial charge in [-0.3, -0.25) is 4.79 Å². The Kier molecular flexibility index (Phi) is 4.80. The van der Waals surface area contributed by atoms with Crippen LogP contribution in [0, 0.1) is 0 Å². The molecule has 1 aromatic heterocycles. The highest BCUT2D eigenvalue weighted by Gasteiger charge is 2.06. The standard InChI is InChI=1S/C15H19NO2S/c1-3-4-15(17)16-8-7-11-10-19-14-6-5-12(18-2)9-13(11)14/h5-6,9-10H,3-4,7-8H2,1-2H3,(H,16,17). The molecule has 1 N–H and O–H groups in total. The molecule has 0 saturated heterocycles. The highest BCUT2D eigenvalue weighted by Crippen LogP contribution is 2.29. The third-order valence-electron chi connectivity index (χ3n) is 3.05. The zero-order valence-corrected chi connectivity index (χ0v) is 12.2. The van der Waals surface area contributed by atoms with E-state index < -0.39 is 0 Å². The summed E-state index contributed by atoms with van der Waals surface area (Å²) in [6.45, 7) is 2.71. The van der Waals surface area contributed by atoms with E-state index >= 15 is 0 Å². The molecular formula is C15H19NO2S. The average Bonchev–Trinajstić information content (AvgIpc) is 2.81. The molecule has 0 spiro atoms. The molecule has 4 heteroatoms. The zero-order chi connectivity index (χ0) is 13.7. The monoisotopic (exact) mass is 277 g/mol. The number of nitrogens with one attached hydrogen (secondary N) is 1. The number of amides is 1. The normalized spacial score (nSPS) is 10.6. The van der Waals surface area contributed by atoms with Crippen LogP contribution >= 0.6 is 11.3 Å². The van der Waals surface area contributed by atoms with Crippen LogP contribution in [0.15, 0.2) is 23.6 Å². The zero-order valence-electron chi connectivity index (χ0n) is 11.4. The highest BCUT2D eigenvalue weighted by molar-refractivity contribution is 7.17. The van der Waals surface area contributed by atoms with Crippen molar-refractivity contribution in [3.05, 3.63) is 29.1 Å². The van der Waals surface area contributed by atoms with Crippen LogP contribution in [0.4, 0.5) is 0 Å². The van der Waals surface area contributed by atoms with Gasteiger partial charge in [-0.1, -0.05) is 6.92 Å². The van der Waals surface area contributed by atoms with Crippen molar-refractivity contribution in [1.82, 2.24) is 5.32 Å². The molecule has 2 rings (SSSR count). The van der Waals surface area contributed by atoms with E-state index in [2.05, 4.69) is 22.8 Å². The molecule has 0 saturated carbocycles. The second kappa shape index (κ2) is 6.57. The predicted octanol–water partition coefficient (Wildman–Crippen LogP) is 3.37. The lowest BCUT2D eigenvalue weighted by atomic mass is 10.1. The third kappa shape index (κ3) is 3.47. The number of methoxy groups -OCH3 is 1. The first-order valence-corrected chi connectivity index (χ1v) is 7.43. The van der Waals surface area contributed by atoms with Crippen molar-refractivity contribution >= 4 is 27.3 Å². The number of benzene rings is 1. The quantitative estimate of drug-likeness (QED) is 0.879. The van der Waals surface area contributed by atoms with Gasteiger partial charge in [0.2, 0.25) is 5.91 Å². The van der Waals surface area contributed by atoms with E-state index in [1.807, 2.05) is 13.0 Å². The van der Waals surface area contributed by atoms with Crippen molar-refractivity contribution < 1.29 is 9.53 Å². The molecule has 0 fully saturated rings. The van der Waals surface area contributed by atoms with E-state index in [0.29, 0.717) is 13.0 Å². The Hall–Kier alpha value is -1.55. The molecule has 1 aromatic carbocycles. The molecule has 0 bridgehead atoms. The van der Waals surface area contributed by atoms with Gasteiger partial charge in [-0.2, -0.15) is 0 Å². The Morgan fingerprint density at radius 3 is 3.00 bits per heavy atom. The molecule has 1 heterocycles. The molecule has 2 aromatic rings. The topological polar surface area (TPSA) is 38.3 Å². The van der Waals surface area contributed by atoms with Crippen LogP contribution in [-0.2, 0) is 11.2 Å². The van der Waals surface area contributed by atoms with Crippen LogP contribution in [-0.4, -0.2) is 19.6 Å². The van der Waals surface area contributed by atoms with E-state index in [9.17, 15) is 4.79 Å². The molecule has 0 aliphatic carbocycles. The lowest BCUT2D eigenvalue weighted by Crippen LogP contribution is -2.24. The van der Waals surface area contributed by atoms with Gasteiger partial charge in [0.15, 0.2) is 0 Å². The SMILES string of the molecule is CCCC(=O)NCCc1csc2ccc(OC)cc12. The summed E-state index contributed by atoms with van der Waals surface area (Å²) in [7, 11) is 1.68. The van der Waals surface area contributed by atoms with Gasteiger partial charge >= 0.3 is 0 Å². The molecule has 1 amide bonds. The number of carbonyl (C=O) groups excluding carboxylic acids is 1. The highest BCUT2D eigenvalue weighted by atomic mass is 32.1. The minimum absolute atomic E-state index is 0.139. The van der Waals surface area contributed by atoms with Crippen LogP contribution in [0.3, 0.4) is 0 Å². The van der Waals surface area contributed by atoms with Gasteiger partial charge in [0.1, 0.15) is 5.75 Å². The van der Waals surface area contributed by atoms with Gasteiger partial charge in [0.05, 0.1) is 7.11 Å². The maximum Gasteiger partial charge on any atom is 0.219 e. The Morgan fingerprint density at radius 1 is 1.42 bits per heavy atom. The van der Waals surface area contributed by atoms with Crippen LogP contribution < -0.4 is 10.1 Å². The summed E-state index contributed by atoms with van der Waals surface area (Å²) >= 11 is 1.73. The summed E-state index contributed by atoms with van der Waals surface area (Å²) in [5.41, 5.74) is 1.27. The number of rotatable bonds is 6. The molecule has 102 valence electrons. The molecule has 3 nitrogen and oxygen atoms in total. The Balaban J connectivity index is 2.02. The van der Waals surface area contributed by atoms with Crippen LogP contribution in [0.25, 0.3) is 10.1 Å². The van der Waals surface area contributed by atoms with E-state index in [1.54, 1.807) is 18.4 Å². The summed E-state index contributed by atoms with van der Waals surface area (Å²) in [5.74, 6) is 1.02. The average molecular weight is 277 g/mol. The number of fused-ring (bicyclic) bond motifs is 1.